The van der Waals surface area contributed by atoms with Crippen molar-refractivity contribution >= 4 is 28.4 Å². The Labute approximate surface area is 93.3 Å². The lowest BCUT2D eigenvalue weighted by atomic mass is 10.1. The second-order valence-electron chi connectivity index (χ2n) is 3.51. The Morgan fingerprint density at radius 2 is 2.08 bits per heavy atom. The molecule has 1 rings (SSSR count). The average molecular weight is 290 g/mol. The van der Waals surface area contributed by atoms with E-state index < -0.39 is 0 Å². The summed E-state index contributed by atoms with van der Waals surface area (Å²) in [5.74, 6) is 1.61. The summed E-state index contributed by atoms with van der Waals surface area (Å²) in [5, 5.41) is 3.39. The lowest BCUT2D eigenvalue weighted by molar-refractivity contribution is 0.558. The van der Waals surface area contributed by atoms with Gasteiger partial charge in [-0.15, -0.1) is 0 Å². The summed E-state index contributed by atoms with van der Waals surface area (Å²) in [5.41, 5.74) is 0. The van der Waals surface area contributed by atoms with Crippen molar-refractivity contribution in [3.8, 4) is 0 Å². The second kappa shape index (κ2) is 4.79. The standard InChI is InChI=1S/C10H15IN2/c1-7(2)8(3)13-10-9(11)5-4-6-12-10/h4-8H,1-3H3,(H,12,13). The number of aromatic nitrogens is 1. The van der Waals surface area contributed by atoms with Gasteiger partial charge in [0.25, 0.3) is 0 Å². The normalized spacial score (nSPS) is 13.0. The fourth-order valence-corrected chi connectivity index (χ4v) is 1.38. The zero-order chi connectivity index (χ0) is 9.84. The molecule has 1 aromatic heterocycles. The van der Waals surface area contributed by atoms with Gasteiger partial charge in [0.15, 0.2) is 0 Å². The summed E-state index contributed by atoms with van der Waals surface area (Å²) < 4.78 is 1.17. The number of anilines is 1. The van der Waals surface area contributed by atoms with Crippen LogP contribution in [0.25, 0.3) is 0 Å². The van der Waals surface area contributed by atoms with Gasteiger partial charge in [-0.25, -0.2) is 4.98 Å². The van der Waals surface area contributed by atoms with Crippen LogP contribution in [-0.4, -0.2) is 11.0 Å². The number of halogens is 1. The van der Waals surface area contributed by atoms with E-state index in [4.69, 9.17) is 0 Å². The SMILES string of the molecule is CC(C)C(C)Nc1ncccc1I. The summed E-state index contributed by atoms with van der Waals surface area (Å²) in [6.45, 7) is 6.58. The largest absolute Gasteiger partial charge is 0.366 e. The van der Waals surface area contributed by atoms with Crippen LogP contribution in [0.15, 0.2) is 18.3 Å². The maximum absolute atomic E-state index is 4.28. The Kier molecular flexibility index (Phi) is 3.96. The lowest BCUT2D eigenvalue weighted by Crippen LogP contribution is -2.22. The highest BCUT2D eigenvalue weighted by atomic mass is 127. The smallest absolute Gasteiger partial charge is 0.139 e. The molecule has 0 amide bonds. The fraction of sp³-hybridized carbons (Fsp3) is 0.500. The van der Waals surface area contributed by atoms with E-state index >= 15 is 0 Å². The van der Waals surface area contributed by atoms with Crippen LogP contribution >= 0.6 is 22.6 Å². The summed E-state index contributed by atoms with van der Waals surface area (Å²) in [6, 6.07) is 4.47. The third-order valence-electron chi connectivity index (χ3n) is 2.12. The van der Waals surface area contributed by atoms with Gasteiger partial charge in [-0.3, -0.25) is 0 Å². The summed E-state index contributed by atoms with van der Waals surface area (Å²) >= 11 is 2.29. The molecule has 0 fully saturated rings. The van der Waals surface area contributed by atoms with Gasteiger partial charge >= 0.3 is 0 Å². The average Bonchev–Trinajstić information content (AvgIpc) is 2.08. The molecule has 0 saturated carbocycles. The second-order valence-corrected chi connectivity index (χ2v) is 4.67. The van der Waals surface area contributed by atoms with Crippen LogP contribution in [0.1, 0.15) is 20.8 Å². The van der Waals surface area contributed by atoms with Crippen molar-refractivity contribution in [1.82, 2.24) is 4.98 Å². The fourth-order valence-electron chi connectivity index (χ4n) is 0.874. The van der Waals surface area contributed by atoms with E-state index in [1.54, 1.807) is 0 Å². The Hall–Kier alpha value is -0.320. The molecule has 2 nitrogen and oxygen atoms in total. The van der Waals surface area contributed by atoms with Crippen molar-refractivity contribution in [3.05, 3.63) is 21.9 Å². The maximum atomic E-state index is 4.28. The van der Waals surface area contributed by atoms with Crippen LogP contribution in [0, 0.1) is 9.49 Å². The quantitative estimate of drug-likeness (QED) is 0.865. The molecule has 72 valence electrons. The first-order valence-electron chi connectivity index (χ1n) is 4.48. The Morgan fingerprint density at radius 3 is 2.62 bits per heavy atom. The van der Waals surface area contributed by atoms with E-state index in [0.717, 1.165) is 5.82 Å². The Bertz CT molecular complexity index is 273. The molecule has 0 aliphatic rings. The maximum Gasteiger partial charge on any atom is 0.139 e. The number of nitrogens with zero attached hydrogens (tertiary/aromatic N) is 1. The number of nitrogens with one attached hydrogen (secondary N) is 1. The van der Waals surface area contributed by atoms with Gasteiger partial charge in [0.05, 0.1) is 3.57 Å². The molecule has 0 aromatic carbocycles. The van der Waals surface area contributed by atoms with Crippen LogP contribution in [-0.2, 0) is 0 Å². The Morgan fingerprint density at radius 1 is 1.38 bits per heavy atom. The molecule has 3 heteroatoms. The van der Waals surface area contributed by atoms with E-state index in [-0.39, 0.29) is 0 Å². The molecule has 1 heterocycles. The summed E-state index contributed by atoms with van der Waals surface area (Å²) in [7, 11) is 0. The summed E-state index contributed by atoms with van der Waals surface area (Å²) in [6.07, 6.45) is 1.82. The van der Waals surface area contributed by atoms with Gasteiger partial charge in [-0.05, 0) is 47.6 Å². The van der Waals surface area contributed by atoms with Crippen molar-refractivity contribution in [2.45, 2.75) is 26.8 Å². The van der Waals surface area contributed by atoms with E-state index in [9.17, 15) is 0 Å². The van der Waals surface area contributed by atoms with Gasteiger partial charge < -0.3 is 5.32 Å². The van der Waals surface area contributed by atoms with Crippen molar-refractivity contribution in [3.63, 3.8) is 0 Å². The van der Waals surface area contributed by atoms with Gasteiger partial charge in [-0.2, -0.15) is 0 Å². The highest BCUT2D eigenvalue weighted by Gasteiger charge is 2.08. The predicted molar refractivity (Wildman–Crippen MR) is 64.9 cm³/mol. The van der Waals surface area contributed by atoms with E-state index in [0.29, 0.717) is 12.0 Å². The van der Waals surface area contributed by atoms with Crippen molar-refractivity contribution < 1.29 is 0 Å². The molecule has 1 unspecified atom stereocenters. The minimum atomic E-state index is 0.461. The van der Waals surface area contributed by atoms with Crippen LogP contribution in [0.5, 0.6) is 0 Å². The first-order valence-corrected chi connectivity index (χ1v) is 5.56. The third kappa shape index (κ3) is 3.14. The molecule has 1 N–H and O–H groups in total. The van der Waals surface area contributed by atoms with Crippen molar-refractivity contribution in [2.24, 2.45) is 5.92 Å². The number of hydrogen-bond acceptors (Lipinski definition) is 2. The van der Waals surface area contributed by atoms with Crippen LogP contribution < -0.4 is 5.32 Å². The van der Waals surface area contributed by atoms with Crippen LogP contribution in [0.3, 0.4) is 0 Å². The minimum absolute atomic E-state index is 0.461. The van der Waals surface area contributed by atoms with Crippen molar-refractivity contribution in [2.75, 3.05) is 5.32 Å². The number of rotatable bonds is 3. The molecule has 0 spiro atoms. The third-order valence-corrected chi connectivity index (χ3v) is 2.99. The zero-order valence-electron chi connectivity index (χ0n) is 8.21. The minimum Gasteiger partial charge on any atom is -0.366 e. The molecule has 1 atom stereocenters. The van der Waals surface area contributed by atoms with Gasteiger partial charge in [0.1, 0.15) is 5.82 Å². The monoisotopic (exact) mass is 290 g/mol. The van der Waals surface area contributed by atoms with Crippen LogP contribution in [0.2, 0.25) is 0 Å². The molecular weight excluding hydrogens is 275 g/mol. The molecule has 1 aromatic rings. The Balaban J connectivity index is 2.69. The highest BCUT2D eigenvalue weighted by Crippen LogP contribution is 2.16. The lowest BCUT2D eigenvalue weighted by Gasteiger charge is -2.18. The van der Waals surface area contributed by atoms with Crippen molar-refractivity contribution in [1.29, 1.82) is 0 Å². The van der Waals surface area contributed by atoms with Gasteiger partial charge in [-0.1, -0.05) is 13.8 Å². The number of hydrogen-bond donors (Lipinski definition) is 1. The summed E-state index contributed by atoms with van der Waals surface area (Å²) in [4.78, 5) is 4.28. The topological polar surface area (TPSA) is 24.9 Å². The van der Waals surface area contributed by atoms with E-state index in [1.165, 1.54) is 3.57 Å². The zero-order valence-corrected chi connectivity index (χ0v) is 10.4. The number of pyridine rings is 1. The van der Waals surface area contributed by atoms with E-state index in [2.05, 4.69) is 59.7 Å². The molecule has 13 heavy (non-hydrogen) atoms. The van der Waals surface area contributed by atoms with Gasteiger partial charge in [0, 0.05) is 12.2 Å². The first-order chi connectivity index (χ1) is 6.11. The van der Waals surface area contributed by atoms with Gasteiger partial charge in [0.2, 0.25) is 0 Å². The molecule has 0 radical (unpaired) electrons. The predicted octanol–water partition coefficient (Wildman–Crippen LogP) is 3.14. The highest BCUT2D eigenvalue weighted by molar-refractivity contribution is 14.1. The molecule has 0 aliphatic heterocycles. The molecule has 0 saturated heterocycles. The molecule has 0 aliphatic carbocycles. The van der Waals surface area contributed by atoms with E-state index in [1.807, 2.05) is 12.3 Å². The molecule has 0 bridgehead atoms. The molecular formula is C10H15IN2. The van der Waals surface area contributed by atoms with Crippen LogP contribution in [0.4, 0.5) is 5.82 Å². The first kappa shape index (κ1) is 10.8.